The van der Waals surface area contributed by atoms with Crippen molar-refractivity contribution in [2.75, 3.05) is 0 Å². The van der Waals surface area contributed by atoms with Crippen molar-refractivity contribution in [1.29, 1.82) is 0 Å². The summed E-state index contributed by atoms with van der Waals surface area (Å²) in [7, 11) is -4.06. The van der Waals surface area contributed by atoms with Gasteiger partial charge in [-0.15, -0.1) is 0 Å². The van der Waals surface area contributed by atoms with Crippen LogP contribution in [0, 0.1) is 12.3 Å². The van der Waals surface area contributed by atoms with Crippen molar-refractivity contribution in [2.24, 2.45) is 5.41 Å². The van der Waals surface area contributed by atoms with Gasteiger partial charge in [0, 0.05) is 5.02 Å². The lowest BCUT2D eigenvalue weighted by Gasteiger charge is -2.35. The van der Waals surface area contributed by atoms with Gasteiger partial charge in [0.25, 0.3) is 10.1 Å². The third-order valence-electron chi connectivity index (χ3n) is 4.42. The Morgan fingerprint density at radius 2 is 1.67 bits per heavy atom. The number of hydrogen-bond donors (Lipinski definition) is 0. The highest BCUT2D eigenvalue weighted by Gasteiger charge is 2.40. The van der Waals surface area contributed by atoms with Gasteiger partial charge in [0.05, 0.1) is 4.90 Å². The van der Waals surface area contributed by atoms with E-state index in [0.717, 1.165) is 5.56 Å². The molecule has 0 N–H and O–H groups in total. The van der Waals surface area contributed by atoms with Crippen LogP contribution in [0.4, 0.5) is 0 Å². The van der Waals surface area contributed by atoms with Gasteiger partial charge >= 0.3 is 0 Å². The van der Waals surface area contributed by atoms with Gasteiger partial charge in [-0.3, -0.25) is 4.18 Å². The first kappa shape index (κ1) is 22.3. The number of halogens is 1. The van der Waals surface area contributed by atoms with Crippen LogP contribution < -0.4 is 4.74 Å². The summed E-state index contributed by atoms with van der Waals surface area (Å²) in [4.78, 5) is 4.05. The molecule has 0 bridgehead atoms. The largest absolute Gasteiger partial charge is 0.466 e. The molecule has 0 spiro atoms. The van der Waals surface area contributed by atoms with Crippen LogP contribution in [0.1, 0.15) is 32.6 Å². The third kappa shape index (κ3) is 5.38. The lowest BCUT2D eigenvalue weighted by atomic mass is 9.88. The average molecular weight is 450 g/mol. The molecule has 0 saturated heterocycles. The van der Waals surface area contributed by atoms with Crippen LogP contribution in [0.2, 0.25) is 5.02 Å². The van der Waals surface area contributed by atoms with E-state index in [1.54, 1.807) is 36.4 Å². The van der Waals surface area contributed by atoms with E-state index in [4.69, 9.17) is 20.5 Å². The molecule has 0 amide bonds. The van der Waals surface area contributed by atoms with Gasteiger partial charge < -0.3 is 4.74 Å². The van der Waals surface area contributed by atoms with Gasteiger partial charge in [-0.1, -0.05) is 50.1 Å². The van der Waals surface area contributed by atoms with Gasteiger partial charge in [0.1, 0.15) is 24.5 Å². The maximum Gasteiger partial charge on any atom is 0.297 e. The Morgan fingerprint density at radius 1 is 1.03 bits per heavy atom. The van der Waals surface area contributed by atoms with Crippen LogP contribution in [0.3, 0.4) is 0 Å². The maximum atomic E-state index is 13.0. The van der Waals surface area contributed by atoms with E-state index in [1.807, 2.05) is 27.7 Å². The molecule has 3 aromatic rings. The zero-order valence-electron chi connectivity index (χ0n) is 17.2. The minimum absolute atomic E-state index is 0.0752. The fourth-order valence-electron chi connectivity index (χ4n) is 2.77. The van der Waals surface area contributed by atoms with Crippen molar-refractivity contribution < 1.29 is 17.3 Å². The van der Waals surface area contributed by atoms with E-state index < -0.39 is 27.9 Å². The molecule has 0 aliphatic carbocycles. The smallest absolute Gasteiger partial charge is 0.297 e. The van der Waals surface area contributed by atoms with Gasteiger partial charge in [-0.2, -0.15) is 13.5 Å². The third-order valence-corrected chi connectivity index (χ3v) is 5.98. The number of nitrogens with zero attached hydrogens (tertiary/aromatic N) is 3. The van der Waals surface area contributed by atoms with Crippen LogP contribution in [0.15, 0.2) is 66.1 Å². The normalized spacial score (nSPS) is 14.3. The predicted octanol–water partition coefficient (Wildman–Crippen LogP) is 4.64. The van der Waals surface area contributed by atoms with Gasteiger partial charge in [0.15, 0.2) is 0 Å². The molecule has 0 aliphatic heterocycles. The Morgan fingerprint density at radius 3 is 2.20 bits per heavy atom. The quantitative estimate of drug-likeness (QED) is 0.488. The van der Waals surface area contributed by atoms with Crippen LogP contribution >= 0.6 is 11.6 Å². The molecule has 0 saturated carbocycles. The summed E-state index contributed by atoms with van der Waals surface area (Å²) in [6, 6.07) is 13.3. The number of aromatic nitrogens is 3. The number of ether oxygens (including phenoxy) is 1. The highest BCUT2D eigenvalue weighted by molar-refractivity contribution is 7.86. The van der Waals surface area contributed by atoms with Crippen LogP contribution in [-0.2, 0) is 14.3 Å². The van der Waals surface area contributed by atoms with E-state index in [1.165, 1.54) is 29.5 Å². The first-order valence-electron chi connectivity index (χ1n) is 9.32. The second-order valence-corrected chi connectivity index (χ2v) is 10.00. The highest BCUT2D eigenvalue weighted by Crippen LogP contribution is 2.35. The molecule has 0 aliphatic rings. The lowest BCUT2D eigenvalue weighted by molar-refractivity contribution is -0.0541. The first-order chi connectivity index (χ1) is 14.1. The predicted molar refractivity (Wildman–Crippen MR) is 114 cm³/mol. The molecule has 0 fully saturated rings. The fourth-order valence-corrected chi connectivity index (χ4v) is 4.14. The van der Waals surface area contributed by atoms with Crippen molar-refractivity contribution >= 4 is 21.7 Å². The molecular formula is C21H24ClN3O4S. The Hall–Kier alpha value is -2.42. The molecule has 1 heterocycles. The molecule has 9 heteroatoms. The molecule has 0 radical (unpaired) electrons. The Labute approximate surface area is 181 Å². The summed E-state index contributed by atoms with van der Waals surface area (Å²) >= 11 is 5.96. The van der Waals surface area contributed by atoms with E-state index in [0.29, 0.717) is 10.8 Å². The number of rotatable bonds is 7. The summed E-state index contributed by atoms with van der Waals surface area (Å²) in [5.74, 6) is 0.491. The second kappa shape index (κ2) is 8.75. The van der Waals surface area contributed by atoms with Gasteiger partial charge in [-0.25, -0.2) is 9.67 Å². The van der Waals surface area contributed by atoms with E-state index >= 15 is 0 Å². The Balaban J connectivity index is 1.99. The van der Waals surface area contributed by atoms with Crippen molar-refractivity contribution in [2.45, 2.75) is 44.9 Å². The zero-order chi connectivity index (χ0) is 21.9. The van der Waals surface area contributed by atoms with Crippen molar-refractivity contribution in [1.82, 2.24) is 14.8 Å². The van der Waals surface area contributed by atoms with E-state index in [9.17, 15) is 8.42 Å². The molecule has 7 nitrogen and oxygen atoms in total. The van der Waals surface area contributed by atoms with Crippen molar-refractivity contribution in [3.8, 4) is 5.75 Å². The summed E-state index contributed by atoms with van der Waals surface area (Å²) in [5.41, 5.74) is 0.328. The van der Waals surface area contributed by atoms with Gasteiger partial charge in [-0.05, 0) is 48.7 Å². The van der Waals surface area contributed by atoms with Crippen molar-refractivity contribution in [3.63, 3.8) is 0 Å². The van der Waals surface area contributed by atoms with Gasteiger partial charge in [0.2, 0.25) is 6.23 Å². The molecular weight excluding hydrogens is 426 g/mol. The standard InChI is InChI=1S/C21H24ClN3O4S/c1-15-5-11-18(12-6-15)30(26,27)29-19(21(2,3)4)20(25-14-23-13-24-25)28-17-9-7-16(22)8-10-17/h5-14,19-20H,1-4H3. The highest BCUT2D eigenvalue weighted by atomic mass is 35.5. The van der Waals surface area contributed by atoms with E-state index in [-0.39, 0.29) is 4.90 Å². The Bertz CT molecular complexity index is 1060. The fraction of sp³-hybridized carbons (Fsp3) is 0.333. The molecule has 2 aromatic carbocycles. The van der Waals surface area contributed by atoms with Crippen LogP contribution in [0.5, 0.6) is 5.75 Å². The molecule has 160 valence electrons. The topological polar surface area (TPSA) is 83.3 Å². The number of benzene rings is 2. The zero-order valence-corrected chi connectivity index (χ0v) is 18.8. The average Bonchev–Trinajstić information content (AvgIpc) is 3.20. The molecule has 3 rings (SSSR count). The SMILES string of the molecule is Cc1ccc(S(=O)(=O)OC(C(Oc2ccc(Cl)cc2)n2cncn2)C(C)(C)C)cc1. The van der Waals surface area contributed by atoms with Crippen molar-refractivity contribution in [3.05, 3.63) is 71.8 Å². The minimum Gasteiger partial charge on any atom is -0.466 e. The number of aryl methyl sites for hydroxylation is 1. The monoisotopic (exact) mass is 449 g/mol. The molecule has 2 atom stereocenters. The Kier molecular flexibility index (Phi) is 6.50. The summed E-state index contributed by atoms with van der Waals surface area (Å²) in [6.45, 7) is 7.50. The summed E-state index contributed by atoms with van der Waals surface area (Å²) in [6.07, 6.45) is 1.00. The maximum absolute atomic E-state index is 13.0. The number of hydrogen-bond acceptors (Lipinski definition) is 6. The molecule has 1 aromatic heterocycles. The van der Waals surface area contributed by atoms with Crippen LogP contribution in [0.25, 0.3) is 0 Å². The van der Waals surface area contributed by atoms with E-state index in [2.05, 4.69) is 10.1 Å². The summed E-state index contributed by atoms with van der Waals surface area (Å²) < 4.78 is 39.4. The molecule has 2 unspecified atom stereocenters. The lowest BCUT2D eigenvalue weighted by Crippen LogP contribution is -2.42. The second-order valence-electron chi connectivity index (χ2n) is 7.99. The van der Waals surface area contributed by atoms with Crippen LogP contribution in [-0.4, -0.2) is 29.3 Å². The summed E-state index contributed by atoms with van der Waals surface area (Å²) in [5, 5.41) is 4.72. The first-order valence-corrected chi connectivity index (χ1v) is 11.1. The minimum atomic E-state index is -4.06. The molecule has 30 heavy (non-hydrogen) atoms.